The summed E-state index contributed by atoms with van der Waals surface area (Å²) in [6.45, 7) is 8.05. The van der Waals surface area contributed by atoms with Crippen LogP contribution in [0.2, 0.25) is 5.02 Å². The summed E-state index contributed by atoms with van der Waals surface area (Å²) in [5.74, 6) is -0.161. The second-order valence-electron chi connectivity index (χ2n) is 6.95. The van der Waals surface area contributed by atoms with Crippen molar-refractivity contribution in [3.8, 4) is 0 Å². The first-order chi connectivity index (χ1) is 12.7. The summed E-state index contributed by atoms with van der Waals surface area (Å²) in [5.41, 5.74) is 2.58. The highest BCUT2D eigenvalue weighted by molar-refractivity contribution is 9.10. The lowest BCUT2D eigenvalue weighted by Gasteiger charge is -2.24. The quantitative estimate of drug-likeness (QED) is 0.621. The average molecular weight is 451 g/mol. The van der Waals surface area contributed by atoms with Crippen molar-refractivity contribution in [2.75, 3.05) is 5.32 Å². The van der Waals surface area contributed by atoms with E-state index in [9.17, 15) is 4.79 Å². The Hall–Kier alpha value is -2.12. The van der Waals surface area contributed by atoms with E-state index in [1.807, 2.05) is 56.6 Å². The molecule has 0 aliphatic carbocycles. The van der Waals surface area contributed by atoms with Gasteiger partial charge in [0.1, 0.15) is 5.54 Å². The fraction of sp³-hybridized carbons (Fsp3) is 0.316. The van der Waals surface area contributed by atoms with Crippen LogP contribution in [0, 0.1) is 13.8 Å². The first kappa shape index (κ1) is 19.6. The first-order valence-electron chi connectivity index (χ1n) is 8.49. The van der Waals surface area contributed by atoms with Crippen LogP contribution in [0.1, 0.15) is 30.8 Å². The van der Waals surface area contributed by atoms with Crippen LogP contribution in [0.25, 0.3) is 0 Å². The monoisotopic (exact) mass is 449 g/mol. The minimum Gasteiger partial charge on any atom is -0.321 e. The zero-order valence-electron chi connectivity index (χ0n) is 15.6. The van der Waals surface area contributed by atoms with Gasteiger partial charge in [0.05, 0.1) is 34.3 Å². The van der Waals surface area contributed by atoms with Gasteiger partial charge in [-0.05, 0) is 61.3 Å². The Morgan fingerprint density at radius 2 is 2.07 bits per heavy atom. The molecule has 0 aliphatic rings. The van der Waals surface area contributed by atoms with E-state index in [1.54, 1.807) is 17.1 Å². The van der Waals surface area contributed by atoms with Crippen molar-refractivity contribution in [2.45, 2.75) is 39.8 Å². The van der Waals surface area contributed by atoms with Crippen molar-refractivity contribution in [1.82, 2.24) is 19.6 Å². The van der Waals surface area contributed by atoms with Gasteiger partial charge in [-0.25, -0.2) is 0 Å². The molecule has 6 nitrogen and oxygen atoms in total. The molecular formula is C19H21BrClN5O. The van der Waals surface area contributed by atoms with Crippen LogP contribution in [-0.4, -0.2) is 25.5 Å². The first-order valence-corrected chi connectivity index (χ1v) is 9.66. The Morgan fingerprint density at radius 1 is 1.33 bits per heavy atom. The third kappa shape index (κ3) is 4.09. The van der Waals surface area contributed by atoms with Crippen molar-refractivity contribution in [3.05, 3.63) is 63.1 Å². The molecule has 27 heavy (non-hydrogen) atoms. The normalized spacial score (nSPS) is 11.6. The fourth-order valence-corrected chi connectivity index (χ4v) is 3.32. The number of amides is 1. The van der Waals surface area contributed by atoms with Gasteiger partial charge in [0, 0.05) is 11.2 Å². The minimum atomic E-state index is -0.847. The summed E-state index contributed by atoms with van der Waals surface area (Å²) < 4.78 is 4.33. The lowest BCUT2D eigenvalue weighted by molar-refractivity contribution is -0.123. The van der Waals surface area contributed by atoms with Gasteiger partial charge in [-0.1, -0.05) is 23.7 Å². The number of rotatable bonds is 5. The van der Waals surface area contributed by atoms with Crippen LogP contribution in [0.15, 0.2) is 41.1 Å². The van der Waals surface area contributed by atoms with Gasteiger partial charge in [0.15, 0.2) is 0 Å². The Balaban J connectivity index is 1.83. The minimum absolute atomic E-state index is 0.161. The van der Waals surface area contributed by atoms with Crippen molar-refractivity contribution >= 4 is 39.1 Å². The molecule has 1 amide bonds. The summed E-state index contributed by atoms with van der Waals surface area (Å²) in [6.07, 6.45) is 3.44. The molecule has 3 rings (SSSR count). The highest BCUT2D eigenvalue weighted by Gasteiger charge is 2.32. The Bertz CT molecular complexity index is 992. The van der Waals surface area contributed by atoms with Crippen molar-refractivity contribution in [1.29, 1.82) is 0 Å². The summed E-state index contributed by atoms with van der Waals surface area (Å²) in [6, 6.07) is 7.67. The van der Waals surface area contributed by atoms with E-state index in [0.717, 1.165) is 27.1 Å². The number of nitrogens with zero attached hydrogens (tertiary/aromatic N) is 4. The second-order valence-corrected chi connectivity index (χ2v) is 8.30. The van der Waals surface area contributed by atoms with E-state index in [-0.39, 0.29) is 5.91 Å². The molecular weight excluding hydrogens is 430 g/mol. The molecule has 1 N–H and O–H groups in total. The van der Waals surface area contributed by atoms with Crippen LogP contribution >= 0.6 is 27.5 Å². The Kier molecular flexibility index (Phi) is 5.44. The van der Waals surface area contributed by atoms with Crippen molar-refractivity contribution in [3.63, 3.8) is 0 Å². The third-order valence-corrected chi connectivity index (χ3v) is 5.17. The lowest BCUT2D eigenvalue weighted by atomic mass is 10.0. The topological polar surface area (TPSA) is 64.7 Å². The SMILES string of the molecule is Cc1nn(Cc2cccc(Cl)c2)c(C)c1NC(=O)C(C)(C)n1cc(Br)cn1. The average Bonchev–Trinajstić information content (AvgIpc) is 3.14. The van der Waals surface area contributed by atoms with Crippen LogP contribution in [0.5, 0.6) is 0 Å². The predicted molar refractivity (Wildman–Crippen MR) is 110 cm³/mol. The number of aryl methyl sites for hydroxylation is 1. The molecule has 0 saturated carbocycles. The Morgan fingerprint density at radius 3 is 2.70 bits per heavy atom. The number of benzene rings is 1. The molecule has 0 aliphatic heterocycles. The number of aromatic nitrogens is 4. The number of hydrogen-bond donors (Lipinski definition) is 1. The van der Waals surface area contributed by atoms with Crippen LogP contribution in [0.4, 0.5) is 5.69 Å². The van der Waals surface area contributed by atoms with Crippen molar-refractivity contribution in [2.24, 2.45) is 0 Å². The number of hydrogen-bond acceptors (Lipinski definition) is 3. The largest absolute Gasteiger partial charge is 0.321 e. The molecule has 0 unspecified atom stereocenters. The fourth-order valence-electron chi connectivity index (χ4n) is 2.82. The number of carbonyl (C=O) groups excluding carboxylic acids is 1. The number of anilines is 1. The second kappa shape index (κ2) is 7.48. The van der Waals surface area contributed by atoms with Crippen LogP contribution in [0.3, 0.4) is 0 Å². The number of carbonyl (C=O) groups is 1. The molecule has 0 atom stereocenters. The van der Waals surface area contributed by atoms with Gasteiger partial charge < -0.3 is 5.32 Å². The molecule has 3 aromatic rings. The van der Waals surface area contributed by atoms with E-state index in [4.69, 9.17) is 11.6 Å². The molecule has 0 bridgehead atoms. The van der Waals surface area contributed by atoms with Gasteiger partial charge in [-0.3, -0.25) is 14.2 Å². The lowest BCUT2D eigenvalue weighted by Crippen LogP contribution is -2.40. The smallest absolute Gasteiger partial charge is 0.251 e. The zero-order chi connectivity index (χ0) is 19.8. The van der Waals surface area contributed by atoms with Gasteiger partial charge in [0.2, 0.25) is 0 Å². The molecule has 0 saturated heterocycles. The summed E-state index contributed by atoms with van der Waals surface area (Å²) in [4.78, 5) is 12.9. The molecule has 142 valence electrons. The molecule has 0 spiro atoms. The van der Waals surface area contributed by atoms with E-state index in [2.05, 4.69) is 31.4 Å². The standard InChI is InChI=1S/C19H21BrClN5O/c1-12-17(23-18(27)19(3,4)26-11-15(20)9-22-26)13(2)25(24-12)10-14-6-5-7-16(21)8-14/h5-9,11H,10H2,1-4H3,(H,23,27). The van der Waals surface area contributed by atoms with E-state index in [1.165, 1.54) is 0 Å². The van der Waals surface area contributed by atoms with Gasteiger partial charge in [0.25, 0.3) is 5.91 Å². The number of halogens is 2. The Labute approximate surface area is 171 Å². The summed E-state index contributed by atoms with van der Waals surface area (Å²) in [7, 11) is 0. The van der Waals surface area contributed by atoms with E-state index < -0.39 is 5.54 Å². The predicted octanol–water partition coefficient (Wildman–Crippen LogP) is 4.53. The van der Waals surface area contributed by atoms with Gasteiger partial charge in [-0.15, -0.1) is 0 Å². The van der Waals surface area contributed by atoms with E-state index in [0.29, 0.717) is 11.6 Å². The summed E-state index contributed by atoms with van der Waals surface area (Å²) in [5, 5.41) is 12.5. The molecule has 0 radical (unpaired) electrons. The maximum atomic E-state index is 12.9. The van der Waals surface area contributed by atoms with Crippen LogP contribution in [-0.2, 0) is 16.9 Å². The molecule has 2 aromatic heterocycles. The molecule has 8 heteroatoms. The molecule has 2 heterocycles. The number of nitrogens with one attached hydrogen (secondary N) is 1. The molecule has 1 aromatic carbocycles. The highest BCUT2D eigenvalue weighted by Crippen LogP contribution is 2.25. The van der Waals surface area contributed by atoms with Gasteiger partial charge in [-0.2, -0.15) is 10.2 Å². The van der Waals surface area contributed by atoms with Crippen molar-refractivity contribution < 1.29 is 4.79 Å². The third-order valence-electron chi connectivity index (χ3n) is 4.52. The maximum Gasteiger partial charge on any atom is 0.251 e. The zero-order valence-corrected chi connectivity index (χ0v) is 18.0. The van der Waals surface area contributed by atoms with E-state index >= 15 is 0 Å². The molecule has 0 fully saturated rings. The van der Waals surface area contributed by atoms with Crippen LogP contribution < -0.4 is 5.32 Å². The highest BCUT2D eigenvalue weighted by atomic mass is 79.9. The van der Waals surface area contributed by atoms with Gasteiger partial charge >= 0.3 is 0 Å². The maximum absolute atomic E-state index is 12.9. The summed E-state index contributed by atoms with van der Waals surface area (Å²) >= 11 is 9.43.